The van der Waals surface area contributed by atoms with Crippen molar-refractivity contribution in [3.63, 3.8) is 0 Å². The molecule has 0 N–H and O–H groups in total. The maximum absolute atomic E-state index is 13.4. The molecule has 0 aliphatic carbocycles. The molecule has 2 aromatic carbocycles. The van der Waals surface area contributed by atoms with Gasteiger partial charge in [-0.2, -0.15) is 0 Å². The maximum Gasteiger partial charge on any atom is 0.227 e. The number of amides is 1. The Morgan fingerprint density at radius 2 is 1.58 bits per heavy atom. The molecule has 2 saturated heterocycles. The minimum absolute atomic E-state index is 0.230. The van der Waals surface area contributed by atoms with Crippen LogP contribution in [0.5, 0.6) is 0 Å². The summed E-state index contributed by atoms with van der Waals surface area (Å²) in [6, 6.07) is 12.5. The minimum Gasteiger partial charge on any atom is -0.342 e. The lowest BCUT2D eigenvalue weighted by Gasteiger charge is -2.42. The van der Waals surface area contributed by atoms with Crippen molar-refractivity contribution in [3.05, 3.63) is 70.8 Å². The Kier molecular flexibility index (Phi) is 7.01. The SMILES string of the molecule is Cc1ccccc1CC(=O)N1CCC(N2CCC(Cc3cc(F)cc(F)c3)CC2)CC1. The van der Waals surface area contributed by atoms with Crippen molar-refractivity contribution >= 4 is 5.91 Å². The average molecular weight is 427 g/mol. The lowest BCUT2D eigenvalue weighted by atomic mass is 9.88. The van der Waals surface area contributed by atoms with Gasteiger partial charge in [-0.25, -0.2) is 8.78 Å². The summed E-state index contributed by atoms with van der Waals surface area (Å²) < 4.78 is 26.9. The van der Waals surface area contributed by atoms with Gasteiger partial charge in [0.2, 0.25) is 5.91 Å². The molecule has 0 unspecified atom stereocenters. The second-order valence-electron chi connectivity index (χ2n) is 9.18. The molecular weight excluding hydrogens is 394 g/mol. The summed E-state index contributed by atoms with van der Waals surface area (Å²) in [6.45, 7) is 5.79. The van der Waals surface area contributed by atoms with E-state index in [1.165, 1.54) is 17.7 Å². The fourth-order valence-corrected chi connectivity index (χ4v) is 5.15. The van der Waals surface area contributed by atoms with Gasteiger partial charge in [-0.15, -0.1) is 0 Å². The van der Waals surface area contributed by atoms with E-state index >= 15 is 0 Å². The maximum atomic E-state index is 13.4. The van der Waals surface area contributed by atoms with Gasteiger partial charge >= 0.3 is 0 Å². The first-order valence-electron chi connectivity index (χ1n) is 11.5. The zero-order chi connectivity index (χ0) is 21.8. The van der Waals surface area contributed by atoms with Gasteiger partial charge in [0, 0.05) is 25.2 Å². The highest BCUT2D eigenvalue weighted by molar-refractivity contribution is 5.79. The highest BCUT2D eigenvalue weighted by atomic mass is 19.1. The van der Waals surface area contributed by atoms with Gasteiger partial charge in [0.25, 0.3) is 0 Å². The van der Waals surface area contributed by atoms with Crippen LogP contribution in [0.1, 0.15) is 42.4 Å². The number of hydrogen-bond donors (Lipinski definition) is 0. The number of likely N-dealkylation sites (tertiary alicyclic amines) is 2. The molecule has 0 radical (unpaired) electrons. The number of nitrogens with zero attached hydrogens (tertiary/aromatic N) is 2. The normalized spacial score (nSPS) is 19.0. The van der Waals surface area contributed by atoms with Gasteiger partial charge in [0.1, 0.15) is 11.6 Å². The number of rotatable bonds is 5. The Morgan fingerprint density at radius 3 is 2.23 bits per heavy atom. The van der Waals surface area contributed by atoms with E-state index < -0.39 is 11.6 Å². The monoisotopic (exact) mass is 426 g/mol. The predicted octanol–water partition coefficient (Wildman–Crippen LogP) is 4.76. The van der Waals surface area contributed by atoms with Crippen LogP contribution in [0.4, 0.5) is 8.78 Å². The van der Waals surface area contributed by atoms with Crippen molar-refractivity contribution in [2.45, 2.75) is 51.5 Å². The summed E-state index contributed by atoms with van der Waals surface area (Å²) >= 11 is 0. The van der Waals surface area contributed by atoms with Crippen molar-refractivity contribution < 1.29 is 13.6 Å². The first kappa shape index (κ1) is 21.9. The smallest absolute Gasteiger partial charge is 0.227 e. The Morgan fingerprint density at radius 1 is 0.935 bits per heavy atom. The molecular formula is C26H32F2N2O. The molecule has 166 valence electrons. The van der Waals surface area contributed by atoms with E-state index in [9.17, 15) is 13.6 Å². The molecule has 3 nitrogen and oxygen atoms in total. The molecule has 1 amide bonds. The summed E-state index contributed by atoms with van der Waals surface area (Å²) in [6.07, 6.45) is 5.41. The molecule has 0 aromatic heterocycles. The number of hydrogen-bond acceptors (Lipinski definition) is 2. The largest absolute Gasteiger partial charge is 0.342 e. The van der Waals surface area contributed by atoms with Crippen molar-refractivity contribution in [1.29, 1.82) is 0 Å². The van der Waals surface area contributed by atoms with Gasteiger partial charge in [0.15, 0.2) is 0 Å². The number of carbonyl (C=O) groups excluding carboxylic acids is 1. The summed E-state index contributed by atoms with van der Waals surface area (Å²) in [7, 11) is 0. The van der Waals surface area contributed by atoms with E-state index in [0.29, 0.717) is 18.4 Å². The molecule has 2 aliphatic heterocycles. The van der Waals surface area contributed by atoms with Crippen molar-refractivity contribution in [2.24, 2.45) is 5.92 Å². The summed E-state index contributed by atoms with van der Waals surface area (Å²) in [4.78, 5) is 17.3. The standard InChI is InChI=1S/C26H32F2N2O/c1-19-4-2-3-5-22(19)17-26(31)30-12-8-25(9-13-30)29-10-6-20(7-11-29)14-21-15-23(27)18-24(28)16-21/h2-5,15-16,18,20,25H,6-14,17H2,1H3. The van der Waals surface area contributed by atoms with E-state index in [4.69, 9.17) is 0 Å². The fraction of sp³-hybridized carbons (Fsp3) is 0.500. The molecule has 4 rings (SSSR count). The Balaban J connectivity index is 1.22. The molecule has 0 bridgehead atoms. The second kappa shape index (κ2) is 9.90. The van der Waals surface area contributed by atoms with Gasteiger partial charge in [0.05, 0.1) is 6.42 Å². The minimum atomic E-state index is -0.490. The first-order chi connectivity index (χ1) is 15.0. The third kappa shape index (κ3) is 5.70. The number of piperidine rings is 2. The van der Waals surface area contributed by atoms with Crippen molar-refractivity contribution in [1.82, 2.24) is 9.80 Å². The number of benzene rings is 2. The van der Waals surface area contributed by atoms with Crippen LogP contribution in [0.3, 0.4) is 0 Å². The van der Waals surface area contributed by atoms with Crippen LogP contribution in [-0.2, 0) is 17.6 Å². The summed E-state index contributed by atoms with van der Waals surface area (Å²) in [5.74, 6) is -0.269. The molecule has 5 heteroatoms. The number of halogens is 2. The van der Waals surface area contributed by atoms with Crippen LogP contribution in [-0.4, -0.2) is 47.9 Å². The van der Waals surface area contributed by atoms with E-state index in [1.54, 1.807) is 0 Å². The third-order valence-corrected chi connectivity index (χ3v) is 7.03. The number of aryl methyl sites for hydroxylation is 1. The molecule has 2 heterocycles. The van der Waals surface area contributed by atoms with Gasteiger partial charge < -0.3 is 9.80 Å². The lowest BCUT2D eigenvalue weighted by molar-refractivity contribution is -0.132. The third-order valence-electron chi connectivity index (χ3n) is 7.03. The molecule has 2 aromatic rings. The zero-order valence-electron chi connectivity index (χ0n) is 18.3. The molecule has 0 saturated carbocycles. The van der Waals surface area contributed by atoms with Crippen LogP contribution in [0, 0.1) is 24.5 Å². The summed E-state index contributed by atoms with van der Waals surface area (Å²) in [5, 5.41) is 0. The average Bonchev–Trinajstić information content (AvgIpc) is 2.75. The van der Waals surface area contributed by atoms with Crippen molar-refractivity contribution in [2.75, 3.05) is 26.2 Å². The van der Waals surface area contributed by atoms with Crippen LogP contribution in [0.25, 0.3) is 0 Å². The predicted molar refractivity (Wildman–Crippen MR) is 119 cm³/mol. The van der Waals surface area contributed by atoms with Gasteiger partial charge in [-0.05, 0) is 86.9 Å². The quantitative estimate of drug-likeness (QED) is 0.688. The molecule has 0 spiro atoms. The van der Waals surface area contributed by atoms with Crippen LogP contribution < -0.4 is 0 Å². The lowest BCUT2D eigenvalue weighted by Crippen LogP contribution is -2.49. The molecule has 0 atom stereocenters. The van der Waals surface area contributed by atoms with E-state index in [-0.39, 0.29) is 5.91 Å². The molecule has 31 heavy (non-hydrogen) atoms. The van der Waals surface area contributed by atoms with Gasteiger partial charge in [-0.3, -0.25) is 4.79 Å². The first-order valence-corrected chi connectivity index (χ1v) is 11.5. The highest BCUT2D eigenvalue weighted by Gasteiger charge is 2.29. The number of carbonyl (C=O) groups is 1. The van der Waals surface area contributed by atoms with Crippen LogP contribution >= 0.6 is 0 Å². The fourth-order valence-electron chi connectivity index (χ4n) is 5.15. The van der Waals surface area contributed by atoms with E-state index in [2.05, 4.69) is 17.9 Å². The van der Waals surface area contributed by atoms with Gasteiger partial charge in [-0.1, -0.05) is 24.3 Å². The Hall–Kier alpha value is -2.27. The second-order valence-corrected chi connectivity index (χ2v) is 9.18. The zero-order valence-corrected chi connectivity index (χ0v) is 18.3. The van der Waals surface area contributed by atoms with Crippen LogP contribution in [0.15, 0.2) is 42.5 Å². The van der Waals surface area contributed by atoms with E-state index in [0.717, 1.165) is 75.5 Å². The molecule has 2 fully saturated rings. The summed E-state index contributed by atoms with van der Waals surface area (Å²) in [5.41, 5.74) is 3.06. The van der Waals surface area contributed by atoms with Crippen LogP contribution in [0.2, 0.25) is 0 Å². The van der Waals surface area contributed by atoms with E-state index in [1.807, 2.05) is 23.1 Å². The highest BCUT2D eigenvalue weighted by Crippen LogP contribution is 2.27. The Labute approximate surface area is 184 Å². The topological polar surface area (TPSA) is 23.6 Å². The molecule has 2 aliphatic rings. The Bertz CT molecular complexity index is 880. The van der Waals surface area contributed by atoms with Crippen molar-refractivity contribution in [3.8, 4) is 0 Å².